The van der Waals surface area contributed by atoms with E-state index < -0.39 is 5.97 Å². The van der Waals surface area contributed by atoms with Crippen LogP contribution in [0.2, 0.25) is 5.02 Å². The van der Waals surface area contributed by atoms with Crippen LogP contribution in [0.3, 0.4) is 0 Å². The Hall–Kier alpha value is -1.48. The maximum atomic E-state index is 11.1. The Balaban J connectivity index is 2.70. The number of aryl methyl sites for hydroxylation is 1. The van der Waals surface area contributed by atoms with E-state index in [1.165, 1.54) is 0 Å². The zero-order chi connectivity index (χ0) is 11.7. The number of benzene rings is 1. The van der Waals surface area contributed by atoms with E-state index in [0.29, 0.717) is 17.3 Å². The first kappa shape index (κ1) is 11.0. The fraction of sp³-hybridized carbons (Fsp3) is 0.250. The van der Waals surface area contributed by atoms with E-state index in [1.807, 2.05) is 17.6 Å². The van der Waals surface area contributed by atoms with Gasteiger partial charge in [0.1, 0.15) is 5.69 Å². The van der Waals surface area contributed by atoms with Crippen LogP contribution in [-0.4, -0.2) is 15.6 Å². The fourth-order valence-electron chi connectivity index (χ4n) is 1.88. The topological polar surface area (TPSA) is 42.2 Å². The molecule has 1 aromatic heterocycles. The molecule has 2 aromatic rings. The molecule has 4 heteroatoms. The smallest absolute Gasteiger partial charge is 0.352 e. The summed E-state index contributed by atoms with van der Waals surface area (Å²) in [6.07, 6.45) is 0.896. The fourth-order valence-corrected chi connectivity index (χ4v) is 2.06. The normalized spacial score (nSPS) is 10.9. The van der Waals surface area contributed by atoms with E-state index in [1.54, 1.807) is 18.2 Å². The number of rotatable bonds is 3. The first-order valence-electron chi connectivity index (χ1n) is 5.15. The van der Waals surface area contributed by atoms with Crippen molar-refractivity contribution in [2.24, 2.45) is 0 Å². The maximum absolute atomic E-state index is 11.1. The maximum Gasteiger partial charge on any atom is 0.352 e. The number of nitrogens with zero attached hydrogens (tertiary/aromatic N) is 1. The van der Waals surface area contributed by atoms with Crippen molar-refractivity contribution in [3.8, 4) is 0 Å². The van der Waals surface area contributed by atoms with Crippen LogP contribution in [0, 0.1) is 0 Å². The Kier molecular flexibility index (Phi) is 2.88. The lowest BCUT2D eigenvalue weighted by Gasteiger charge is -2.05. The first-order valence-corrected chi connectivity index (χ1v) is 5.53. The van der Waals surface area contributed by atoms with Crippen molar-refractivity contribution in [3.05, 3.63) is 35.0 Å². The highest BCUT2D eigenvalue weighted by Gasteiger charge is 2.13. The Morgan fingerprint density at radius 3 is 2.81 bits per heavy atom. The molecule has 0 amide bonds. The van der Waals surface area contributed by atoms with Gasteiger partial charge in [-0.15, -0.1) is 0 Å². The predicted molar refractivity (Wildman–Crippen MR) is 64.2 cm³/mol. The van der Waals surface area contributed by atoms with Crippen molar-refractivity contribution in [2.75, 3.05) is 0 Å². The lowest BCUT2D eigenvalue weighted by atomic mass is 10.2. The molecule has 16 heavy (non-hydrogen) atoms. The molecule has 0 saturated heterocycles. The lowest BCUT2D eigenvalue weighted by molar-refractivity contribution is 0.0685. The van der Waals surface area contributed by atoms with Crippen LogP contribution in [0.5, 0.6) is 0 Å². The molecular weight excluding hydrogens is 226 g/mol. The Morgan fingerprint density at radius 1 is 1.44 bits per heavy atom. The van der Waals surface area contributed by atoms with Crippen molar-refractivity contribution in [1.29, 1.82) is 0 Å². The van der Waals surface area contributed by atoms with E-state index in [-0.39, 0.29) is 0 Å². The van der Waals surface area contributed by atoms with Gasteiger partial charge in [0, 0.05) is 22.5 Å². The minimum atomic E-state index is -0.902. The van der Waals surface area contributed by atoms with E-state index in [2.05, 4.69) is 0 Å². The van der Waals surface area contributed by atoms with Gasteiger partial charge in [-0.05, 0) is 30.7 Å². The molecule has 0 aliphatic rings. The minimum absolute atomic E-state index is 0.319. The molecule has 0 radical (unpaired) electrons. The quantitative estimate of drug-likeness (QED) is 0.889. The van der Waals surface area contributed by atoms with Crippen LogP contribution in [0.4, 0.5) is 0 Å². The number of halogens is 1. The molecule has 1 aromatic carbocycles. The van der Waals surface area contributed by atoms with Crippen molar-refractivity contribution in [3.63, 3.8) is 0 Å². The molecular formula is C12H12ClNO2. The number of fused-ring (bicyclic) bond motifs is 1. The SMILES string of the molecule is CCCn1c(C(=O)O)cc2cc(Cl)ccc21. The van der Waals surface area contributed by atoms with Gasteiger partial charge in [0.2, 0.25) is 0 Å². The average molecular weight is 238 g/mol. The van der Waals surface area contributed by atoms with Crippen molar-refractivity contribution >= 4 is 28.5 Å². The van der Waals surface area contributed by atoms with Crippen molar-refractivity contribution in [2.45, 2.75) is 19.9 Å². The van der Waals surface area contributed by atoms with Crippen molar-refractivity contribution < 1.29 is 9.90 Å². The zero-order valence-corrected chi connectivity index (χ0v) is 9.66. The molecule has 0 atom stereocenters. The second kappa shape index (κ2) is 4.18. The summed E-state index contributed by atoms with van der Waals surface area (Å²) in [6.45, 7) is 2.72. The van der Waals surface area contributed by atoms with Gasteiger partial charge in [0.05, 0.1) is 0 Å². The largest absolute Gasteiger partial charge is 0.477 e. The summed E-state index contributed by atoms with van der Waals surface area (Å²) in [5, 5.41) is 10.6. The molecule has 1 heterocycles. The zero-order valence-electron chi connectivity index (χ0n) is 8.90. The lowest BCUT2D eigenvalue weighted by Crippen LogP contribution is -2.07. The van der Waals surface area contributed by atoms with Crippen LogP contribution < -0.4 is 0 Å². The summed E-state index contributed by atoms with van der Waals surface area (Å²) in [6, 6.07) is 7.09. The van der Waals surface area contributed by atoms with Gasteiger partial charge >= 0.3 is 5.97 Å². The highest BCUT2D eigenvalue weighted by atomic mass is 35.5. The third-order valence-corrected chi connectivity index (χ3v) is 2.76. The van der Waals surface area contributed by atoms with Gasteiger partial charge in [-0.1, -0.05) is 18.5 Å². The van der Waals surface area contributed by atoms with Gasteiger partial charge in [-0.2, -0.15) is 0 Å². The number of carboxylic acid groups (broad SMARTS) is 1. The predicted octanol–water partition coefficient (Wildman–Crippen LogP) is 3.40. The number of aromatic nitrogens is 1. The third kappa shape index (κ3) is 1.78. The second-order valence-corrected chi connectivity index (χ2v) is 4.13. The highest BCUT2D eigenvalue weighted by molar-refractivity contribution is 6.31. The highest BCUT2D eigenvalue weighted by Crippen LogP contribution is 2.23. The van der Waals surface area contributed by atoms with Gasteiger partial charge < -0.3 is 9.67 Å². The minimum Gasteiger partial charge on any atom is -0.477 e. The average Bonchev–Trinajstić information content (AvgIpc) is 2.57. The van der Waals surface area contributed by atoms with E-state index >= 15 is 0 Å². The van der Waals surface area contributed by atoms with E-state index in [9.17, 15) is 4.79 Å². The Labute approximate surface area is 98.3 Å². The molecule has 84 valence electrons. The van der Waals surface area contributed by atoms with Crippen LogP contribution in [0.25, 0.3) is 10.9 Å². The molecule has 0 bridgehead atoms. The molecule has 0 aliphatic carbocycles. The van der Waals surface area contributed by atoms with Crippen LogP contribution in [-0.2, 0) is 6.54 Å². The van der Waals surface area contributed by atoms with E-state index in [0.717, 1.165) is 17.3 Å². The third-order valence-electron chi connectivity index (χ3n) is 2.53. The van der Waals surface area contributed by atoms with Gasteiger partial charge in [0.25, 0.3) is 0 Å². The summed E-state index contributed by atoms with van der Waals surface area (Å²) < 4.78 is 1.81. The van der Waals surface area contributed by atoms with Crippen LogP contribution in [0.15, 0.2) is 24.3 Å². The standard InChI is InChI=1S/C12H12ClNO2/c1-2-5-14-10-4-3-9(13)6-8(10)7-11(14)12(15)16/h3-4,6-7H,2,5H2,1H3,(H,15,16). The molecule has 3 nitrogen and oxygen atoms in total. The number of hydrogen-bond acceptors (Lipinski definition) is 1. The summed E-state index contributed by atoms with van der Waals surface area (Å²) in [5.41, 5.74) is 1.24. The number of carboxylic acids is 1. The Bertz CT molecular complexity index is 545. The molecule has 0 spiro atoms. The molecule has 0 fully saturated rings. The van der Waals surface area contributed by atoms with Crippen LogP contribution in [0.1, 0.15) is 23.8 Å². The summed E-state index contributed by atoms with van der Waals surface area (Å²) in [5.74, 6) is -0.902. The number of carbonyl (C=O) groups is 1. The summed E-state index contributed by atoms with van der Waals surface area (Å²) >= 11 is 5.88. The number of hydrogen-bond donors (Lipinski definition) is 1. The van der Waals surface area contributed by atoms with Crippen LogP contribution >= 0.6 is 11.6 Å². The number of aromatic carboxylic acids is 1. The van der Waals surface area contributed by atoms with Gasteiger partial charge in [-0.25, -0.2) is 4.79 Å². The monoisotopic (exact) mass is 237 g/mol. The Morgan fingerprint density at radius 2 is 2.19 bits per heavy atom. The summed E-state index contributed by atoms with van der Waals surface area (Å²) in [7, 11) is 0. The molecule has 0 unspecified atom stereocenters. The van der Waals surface area contributed by atoms with Crippen molar-refractivity contribution in [1.82, 2.24) is 4.57 Å². The molecule has 0 aliphatic heterocycles. The van der Waals surface area contributed by atoms with E-state index in [4.69, 9.17) is 16.7 Å². The first-order chi connectivity index (χ1) is 7.63. The molecule has 2 rings (SSSR count). The summed E-state index contributed by atoms with van der Waals surface area (Å²) in [4.78, 5) is 11.1. The van der Waals surface area contributed by atoms with Gasteiger partial charge in [0.15, 0.2) is 0 Å². The molecule has 1 N–H and O–H groups in total. The second-order valence-electron chi connectivity index (χ2n) is 3.69. The van der Waals surface area contributed by atoms with Gasteiger partial charge in [-0.3, -0.25) is 0 Å². The molecule has 0 saturated carbocycles.